The summed E-state index contributed by atoms with van der Waals surface area (Å²) in [6.45, 7) is 2.55. The van der Waals surface area contributed by atoms with Gasteiger partial charge in [-0.3, -0.25) is 19.4 Å². The fourth-order valence-electron chi connectivity index (χ4n) is 4.39. The predicted molar refractivity (Wildman–Crippen MR) is 145 cm³/mol. The number of nitrogens with one attached hydrogen (secondary N) is 1. The van der Waals surface area contributed by atoms with Crippen LogP contribution in [0.3, 0.4) is 0 Å². The van der Waals surface area contributed by atoms with E-state index in [0.29, 0.717) is 54.8 Å². The first-order chi connectivity index (χ1) is 19.1. The Morgan fingerprint density at radius 3 is 2.77 bits per heavy atom. The van der Waals surface area contributed by atoms with E-state index in [1.807, 2.05) is 49.6 Å². The largest absolute Gasteiger partial charge is 0.487 e. The molecule has 196 valence electrons. The number of morpholine rings is 1. The number of carbonyl (C=O) groups is 1. The summed E-state index contributed by atoms with van der Waals surface area (Å²) >= 11 is 0. The predicted octanol–water partition coefficient (Wildman–Crippen LogP) is 3.62. The maximum atomic E-state index is 12.9. The Kier molecular flexibility index (Phi) is 6.79. The molecule has 1 aliphatic heterocycles. The van der Waals surface area contributed by atoms with Crippen LogP contribution in [0, 0.1) is 0 Å². The van der Waals surface area contributed by atoms with Crippen LogP contribution in [0.1, 0.15) is 16.1 Å². The first-order valence-corrected chi connectivity index (χ1v) is 12.5. The standard InChI is InChI=1S/C28H26N8O3/c1-35-17-21(15-32-35)24-12-20-14-31-28(34-25(20)13-26(24)39-18-23-16-29-5-6-30-23)33-22-4-2-3-19(11-22)27(37)36-7-9-38-10-8-36/h2-6,11-17H,7-10,18H2,1H3,(H,31,33,34). The second-order valence-corrected chi connectivity index (χ2v) is 9.10. The number of rotatable bonds is 7. The zero-order chi connectivity index (χ0) is 26.6. The van der Waals surface area contributed by atoms with Crippen molar-refractivity contribution in [2.75, 3.05) is 31.6 Å². The number of nitrogens with zero attached hydrogens (tertiary/aromatic N) is 7. The van der Waals surface area contributed by atoms with Crippen LogP contribution in [0.4, 0.5) is 11.6 Å². The van der Waals surface area contributed by atoms with Crippen LogP contribution in [0.5, 0.6) is 5.75 Å². The van der Waals surface area contributed by atoms with Gasteiger partial charge in [0.05, 0.1) is 36.8 Å². The number of ether oxygens (including phenoxy) is 2. The molecule has 1 fully saturated rings. The van der Waals surface area contributed by atoms with Gasteiger partial charge in [0, 0.05) is 78.8 Å². The molecule has 1 N–H and O–H groups in total. The lowest BCUT2D eigenvalue weighted by atomic mass is 10.1. The Hall–Kier alpha value is -4.90. The van der Waals surface area contributed by atoms with E-state index in [1.54, 1.807) is 40.6 Å². The zero-order valence-electron chi connectivity index (χ0n) is 21.3. The van der Waals surface area contributed by atoms with Crippen LogP contribution in [0.25, 0.3) is 22.0 Å². The molecule has 39 heavy (non-hydrogen) atoms. The molecule has 0 saturated carbocycles. The Bertz CT molecular complexity index is 1620. The van der Waals surface area contributed by atoms with Gasteiger partial charge in [0.25, 0.3) is 5.91 Å². The third-order valence-electron chi connectivity index (χ3n) is 6.35. The van der Waals surface area contributed by atoms with Crippen molar-refractivity contribution in [2.24, 2.45) is 7.05 Å². The molecule has 2 aromatic carbocycles. The number of aromatic nitrogens is 6. The molecule has 11 heteroatoms. The Morgan fingerprint density at radius 1 is 1.08 bits per heavy atom. The van der Waals surface area contributed by atoms with Crippen molar-refractivity contribution in [3.8, 4) is 16.9 Å². The monoisotopic (exact) mass is 522 g/mol. The lowest BCUT2D eigenvalue weighted by Gasteiger charge is -2.27. The third-order valence-corrected chi connectivity index (χ3v) is 6.35. The molecule has 5 aromatic rings. The van der Waals surface area contributed by atoms with E-state index in [2.05, 4.69) is 25.4 Å². The van der Waals surface area contributed by atoms with Crippen molar-refractivity contribution < 1.29 is 14.3 Å². The van der Waals surface area contributed by atoms with Gasteiger partial charge < -0.3 is 19.7 Å². The van der Waals surface area contributed by atoms with Gasteiger partial charge in [-0.1, -0.05) is 6.07 Å². The molecule has 6 rings (SSSR count). The van der Waals surface area contributed by atoms with Crippen LogP contribution in [-0.4, -0.2) is 66.8 Å². The van der Waals surface area contributed by atoms with E-state index < -0.39 is 0 Å². The number of amides is 1. The van der Waals surface area contributed by atoms with Crippen molar-refractivity contribution in [3.63, 3.8) is 0 Å². The molecule has 1 amide bonds. The average molecular weight is 523 g/mol. The van der Waals surface area contributed by atoms with Crippen LogP contribution in [-0.2, 0) is 18.4 Å². The SMILES string of the molecule is Cn1cc(-c2cc3cnc(Nc4cccc(C(=O)N5CCOCC5)c4)nc3cc2OCc2cnccn2)cn1. The van der Waals surface area contributed by atoms with E-state index in [0.717, 1.165) is 22.2 Å². The number of fused-ring (bicyclic) bond motifs is 1. The van der Waals surface area contributed by atoms with Crippen molar-refractivity contribution in [2.45, 2.75) is 6.61 Å². The van der Waals surface area contributed by atoms with Gasteiger partial charge in [0.15, 0.2) is 0 Å². The average Bonchev–Trinajstić information content (AvgIpc) is 3.42. The molecule has 0 bridgehead atoms. The maximum absolute atomic E-state index is 12.9. The lowest BCUT2D eigenvalue weighted by Crippen LogP contribution is -2.40. The van der Waals surface area contributed by atoms with E-state index in [9.17, 15) is 4.79 Å². The highest BCUT2D eigenvalue weighted by Crippen LogP contribution is 2.34. The van der Waals surface area contributed by atoms with Crippen LogP contribution >= 0.6 is 0 Å². The summed E-state index contributed by atoms with van der Waals surface area (Å²) in [7, 11) is 1.87. The molecular formula is C28H26N8O3. The smallest absolute Gasteiger partial charge is 0.254 e. The highest BCUT2D eigenvalue weighted by Gasteiger charge is 2.19. The van der Waals surface area contributed by atoms with E-state index >= 15 is 0 Å². The summed E-state index contributed by atoms with van der Waals surface area (Å²) in [5.41, 5.74) is 4.53. The molecule has 4 heterocycles. The van der Waals surface area contributed by atoms with E-state index in [-0.39, 0.29) is 12.5 Å². The fourth-order valence-corrected chi connectivity index (χ4v) is 4.39. The summed E-state index contributed by atoms with van der Waals surface area (Å²) in [6.07, 6.45) is 10.4. The Balaban J connectivity index is 1.28. The van der Waals surface area contributed by atoms with Gasteiger partial charge in [0.1, 0.15) is 12.4 Å². The molecule has 0 unspecified atom stereocenters. The van der Waals surface area contributed by atoms with Gasteiger partial charge in [-0.2, -0.15) is 5.10 Å². The minimum Gasteiger partial charge on any atom is -0.487 e. The molecule has 0 radical (unpaired) electrons. The second-order valence-electron chi connectivity index (χ2n) is 9.10. The molecular weight excluding hydrogens is 496 g/mol. The normalized spacial score (nSPS) is 13.4. The second kappa shape index (κ2) is 10.8. The van der Waals surface area contributed by atoms with Crippen LogP contribution in [0.2, 0.25) is 0 Å². The summed E-state index contributed by atoms with van der Waals surface area (Å²) in [6, 6.07) is 11.2. The summed E-state index contributed by atoms with van der Waals surface area (Å²) in [5.74, 6) is 1.03. The van der Waals surface area contributed by atoms with Gasteiger partial charge >= 0.3 is 0 Å². The molecule has 3 aromatic heterocycles. The number of benzene rings is 2. The number of hydrogen-bond donors (Lipinski definition) is 1. The minimum absolute atomic E-state index is 0.0193. The molecule has 0 aliphatic carbocycles. The lowest BCUT2D eigenvalue weighted by molar-refractivity contribution is 0.0303. The molecule has 11 nitrogen and oxygen atoms in total. The maximum Gasteiger partial charge on any atom is 0.254 e. The minimum atomic E-state index is -0.0193. The number of carbonyl (C=O) groups excluding carboxylic acids is 1. The van der Waals surface area contributed by atoms with Crippen molar-refractivity contribution in [1.29, 1.82) is 0 Å². The summed E-state index contributed by atoms with van der Waals surface area (Å²) in [4.78, 5) is 32.4. The van der Waals surface area contributed by atoms with Gasteiger partial charge in [-0.25, -0.2) is 9.97 Å². The Morgan fingerprint density at radius 2 is 1.97 bits per heavy atom. The quantitative estimate of drug-likeness (QED) is 0.342. The van der Waals surface area contributed by atoms with Gasteiger partial charge in [-0.15, -0.1) is 0 Å². The topological polar surface area (TPSA) is 120 Å². The van der Waals surface area contributed by atoms with Crippen molar-refractivity contribution >= 4 is 28.4 Å². The van der Waals surface area contributed by atoms with Gasteiger partial charge in [0.2, 0.25) is 5.95 Å². The van der Waals surface area contributed by atoms with E-state index in [4.69, 9.17) is 14.5 Å². The summed E-state index contributed by atoms with van der Waals surface area (Å²) < 4.78 is 13.3. The number of hydrogen-bond acceptors (Lipinski definition) is 9. The first-order valence-electron chi connectivity index (χ1n) is 12.5. The fraction of sp³-hybridized carbons (Fsp3) is 0.214. The van der Waals surface area contributed by atoms with Crippen LogP contribution in [0.15, 0.2) is 73.6 Å². The van der Waals surface area contributed by atoms with Gasteiger partial charge in [-0.05, 0) is 24.3 Å². The Labute approximate surface area is 224 Å². The summed E-state index contributed by atoms with van der Waals surface area (Å²) in [5, 5.41) is 8.39. The molecule has 1 saturated heterocycles. The number of aryl methyl sites for hydroxylation is 1. The molecule has 1 aliphatic rings. The highest BCUT2D eigenvalue weighted by molar-refractivity contribution is 5.95. The zero-order valence-corrected chi connectivity index (χ0v) is 21.3. The van der Waals surface area contributed by atoms with Crippen molar-refractivity contribution in [1.82, 2.24) is 34.6 Å². The first kappa shape index (κ1) is 24.4. The van der Waals surface area contributed by atoms with Crippen molar-refractivity contribution in [3.05, 3.63) is 84.8 Å². The number of anilines is 2. The molecule has 0 spiro atoms. The van der Waals surface area contributed by atoms with E-state index in [1.165, 1.54) is 0 Å². The highest BCUT2D eigenvalue weighted by atomic mass is 16.5. The van der Waals surface area contributed by atoms with Crippen LogP contribution < -0.4 is 10.1 Å². The molecule has 0 atom stereocenters. The third kappa shape index (κ3) is 5.53.